The molecule has 0 saturated carbocycles. The maximum absolute atomic E-state index is 13.5. The molecule has 0 aliphatic carbocycles. The van der Waals surface area contributed by atoms with Gasteiger partial charge in [0.05, 0.1) is 17.5 Å². The number of Topliss-reactive ketones (excluding diaryl/α,β-unsaturated/α-hetero) is 1. The van der Waals surface area contributed by atoms with Crippen LogP contribution in [0.2, 0.25) is 18.1 Å². The lowest BCUT2D eigenvalue weighted by Gasteiger charge is -2.39. The lowest BCUT2D eigenvalue weighted by atomic mass is 9.88. The first kappa shape index (κ1) is 22.4. The van der Waals surface area contributed by atoms with E-state index in [1.165, 1.54) is 0 Å². The summed E-state index contributed by atoms with van der Waals surface area (Å²) in [5.74, 6) is 0.945. The van der Waals surface area contributed by atoms with Crippen LogP contribution < -0.4 is 9.47 Å². The number of ether oxygens (including phenoxy) is 3. The number of carbonyl (C=O) groups is 2. The van der Waals surface area contributed by atoms with E-state index in [1.807, 2.05) is 24.3 Å². The Kier molecular flexibility index (Phi) is 5.14. The van der Waals surface area contributed by atoms with Gasteiger partial charge in [-0.2, -0.15) is 0 Å². The zero-order valence-electron chi connectivity index (χ0n) is 20.2. The third-order valence-corrected chi connectivity index (χ3v) is 12.2. The van der Waals surface area contributed by atoms with Gasteiger partial charge in [0.25, 0.3) is 0 Å². The highest BCUT2D eigenvalue weighted by atomic mass is 28.4. The highest BCUT2D eigenvalue weighted by Crippen LogP contribution is 2.54. The van der Waals surface area contributed by atoms with Gasteiger partial charge < -0.3 is 18.6 Å². The summed E-state index contributed by atoms with van der Waals surface area (Å²) < 4.78 is 24.7. The number of fused-ring (bicyclic) bond motifs is 8. The molecule has 2 aromatic rings. The smallest absolute Gasteiger partial charge is 0.310 e. The van der Waals surface area contributed by atoms with Crippen LogP contribution in [0.15, 0.2) is 24.3 Å². The molecular weight excluding hydrogens is 436 g/mol. The average molecular weight is 469 g/mol. The topological polar surface area (TPSA) is 71.1 Å². The lowest BCUT2D eigenvalue weighted by Crippen LogP contribution is -2.44. The number of benzene rings is 2. The van der Waals surface area contributed by atoms with Crippen molar-refractivity contribution in [3.63, 3.8) is 0 Å². The molecule has 33 heavy (non-hydrogen) atoms. The van der Waals surface area contributed by atoms with Gasteiger partial charge in [-0.3, -0.25) is 9.59 Å². The van der Waals surface area contributed by atoms with E-state index in [1.54, 1.807) is 0 Å². The maximum Gasteiger partial charge on any atom is 0.310 e. The van der Waals surface area contributed by atoms with Gasteiger partial charge >= 0.3 is 5.97 Å². The third kappa shape index (κ3) is 3.65. The minimum absolute atomic E-state index is 0.00924. The fourth-order valence-electron chi connectivity index (χ4n) is 4.98. The van der Waals surface area contributed by atoms with Gasteiger partial charge in [0.1, 0.15) is 17.6 Å². The van der Waals surface area contributed by atoms with Gasteiger partial charge in [-0.15, -0.1) is 0 Å². The number of hydrogen-bond donors (Lipinski definition) is 0. The number of hydrogen-bond acceptors (Lipinski definition) is 6. The predicted octanol–water partition coefficient (Wildman–Crippen LogP) is 5.72. The number of carbonyl (C=O) groups excluding carboxylic acids is 2. The fourth-order valence-corrected chi connectivity index (χ4v) is 6.43. The summed E-state index contributed by atoms with van der Waals surface area (Å²) in [6.07, 6.45) is -0.108. The highest BCUT2D eigenvalue weighted by molar-refractivity contribution is 6.74. The van der Waals surface area contributed by atoms with Gasteiger partial charge in [0.2, 0.25) is 0 Å². The van der Waals surface area contributed by atoms with Gasteiger partial charge in [-0.25, -0.2) is 0 Å². The van der Waals surface area contributed by atoms with Crippen LogP contribution in [-0.4, -0.2) is 38.4 Å². The molecule has 5 rings (SSSR count). The molecule has 0 amide bonds. The maximum atomic E-state index is 13.5. The van der Waals surface area contributed by atoms with Crippen molar-refractivity contribution in [2.45, 2.75) is 89.5 Å². The minimum atomic E-state index is -1.93. The first-order chi connectivity index (χ1) is 15.5. The summed E-state index contributed by atoms with van der Waals surface area (Å²) in [7, 11) is -1.93. The molecule has 3 aliphatic heterocycles. The zero-order chi connectivity index (χ0) is 23.7. The van der Waals surface area contributed by atoms with Crippen LogP contribution in [0.5, 0.6) is 11.5 Å². The normalized spacial score (nSPS) is 25.1. The van der Waals surface area contributed by atoms with E-state index in [0.29, 0.717) is 29.0 Å². The second-order valence-corrected chi connectivity index (χ2v) is 15.8. The van der Waals surface area contributed by atoms with E-state index in [4.69, 9.17) is 18.6 Å². The van der Waals surface area contributed by atoms with Gasteiger partial charge in [0, 0.05) is 29.7 Å². The molecule has 7 heteroatoms. The van der Waals surface area contributed by atoms with Crippen molar-refractivity contribution in [1.29, 1.82) is 0 Å². The lowest BCUT2D eigenvalue weighted by molar-refractivity contribution is -0.141. The summed E-state index contributed by atoms with van der Waals surface area (Å²) in [6, 6.07) is 7.81. The van der Waals surface area contributed by atoms with Gasteiger partial charge in [-0.05, 0) is 25.1 Å². The molecule has 3 aliphatic rings. The largest absolute Gasteiger partial charge is 0.488 e. The molecule has 0 bridgehead atoms. The molecule has 6 nitrogen and oxygen atoms in total. The monoisotopic (exact) mass is 468 g/mol. The third-order valence-electron chi connectivity index (χ3n) is 7.55. The Morgan fingerprint density at radius 2 is 1.70 bits per heavy atom. The van der Waals surface area contributed by atoms with Crippen molar-refractivity contribution in [1.82, 2.24) is 0 Å². The van der Waals surface area contributed by atoms with Crippen LogP contribution in [0, 0.1) is 0 Å². The van der Waals surface area contributed by atoms with E-state index in [2.05, 4.69) is 40.8 Å². The highest BCUT2D eigenvalue weighted by Gasteiger charge is 2.49. The summed E-state index contributed by atoms with van der Waals surface area (Å²) in [5, 5.41) is 1.85. The van der Waals surface area contributed by atoms with Crippen molar-refractivity contribution in [2.75, 3.05) is 0 Å². The molecular formula is C26H32O6Si. The van der Waals surface area contributed by atoms with Crippen molar-refractivity contribution < 1.29 is 28.2 Å². The van der Waals surface area contributed by atoms with E-state index in [9.17, 15) is 9.59 Å². The van der Waals surface area contributed by atoms with Crippen molar-refractivity contribution in [3.8, 4) is 11.5 Å². The first-order valence-corrected chi connectivity index (χ1v) is 14.7. The Morgan fingerprint density at radius 3 is 2.36 bits per heavy atom. The van der Waals surface area contributed by atoms with Crippen molar-refractivity contribution in [3.05, 3.63) is 35.4 Å². The number of esters is 1. The van der Waals surface area contributed by atoms with E-state index in [0.717, 1.165) is 10.8 Å². The SMILES string of the molecule is C[C@H](C[C@H]1CC(=O)c2c3c(c4ccccc4c2O1)O[C@@H]1CC(=O)O[C@H]31)O[Si](C)(C)C(C)(C)C. The average Bonchev–Trinajstić information content (AvgIpc) is 3.23. The molecule has 3 heterocycles. The van der Waals surface area contributed by atoms with Crippen LogP contribution >= 0.6 is 0 Å². The van der Waals surface area contributed by atoms with Crippen LogP contribution in [0.25, 0.3) is 10.8 Å². The molecule has 1 fully saturated rings. The molecule has 176 valence electrons. The number of ketones is 1. The summed E-state index contributed by atoms with van der Waals surface area (Å²) in [4.78, 5) is 25.4. The van der Waals surface area contributed by atoms with Gasteiger partial charge in [-0.1, -0.05) is 45.0 Å². The van der Waals surface area contributed by atoms with Crippen LogP contribution in [0.4, 0.5) is 0 Å². The Labute approximate surface area is 195 Å². The zero-order valence-corrected chi connectivity index (χ0v) is 21.2. The Morgan fingerprint density at radius 1 is 1.03 bits per heavy atom. The Hall–Kier alpha value is -2.38. The second kappa shape index (κ2) is 7.57. The molecule has 0 spiro atoms. The summed E-state index contributed by atoms with van der Waals surface area (Å²) >= 11 is 0. The molecule has 2 aromatic carbocycles. The number of rotatable bonds is 4. The summed E-state index contributed by atoms with van der Waals surface area (Å²) in [5.41, 5.74) is 1.19. The Balaban J connectivity index is 1.49. The van der Waals surface area contributed by atoms with E-state index in [-0.39, 0.29) is 47.9 Å². The fraction of sp³-hybridized carbons (Fsp3) is 0.538. The summed E-state index contributed by atoms with van der Waals surface area (Å²) in [6.45, 7) is 13.2. The Bertz CT molecular complexity index is 1150. The van der Waals surface area contributed by atoms with Gasteiger partial charge in [0.15, 0.2) is 26.3 Å². The van der Waals surface area contributed by atoms with Crippen LogP contribution in [-0.2, 0) is 14.0 Å². The van der Waals surface area contributed by atoms with Crippen LogP contribution in [0.1, 0.15) is 69.0 Å². The first-order valence-electron chi connectivity index (χ1n) is 11.8. The standard InChI is InChI=1S/C26H32O6Si/c1-14(32-33(5,6)26(2,3)4)11-15-12-18(27)21-22-24(30-19-13-20(28)31-25(19)22)17-10-8-7-9-16(17)23(21)29-15/h7-10,14-15,19,25H,11-13H2,1-6H3/t14-,15+,19-,25+/m1/s1. The minimum Gasteiger partial charge on any atom is -0.488 e. The molecule has 0 radical (unpaired) electrons. The molecule has 0 unspecified atom stereocenters. The molecule has 1 saturated heterocycles. The van der Waals surface area contributed by atoms with Crippen LogP contribution in [0.3, 0.4) is 0 Å². The predicted molar refractivity (Wildman–Crippen MR) is 128 cm³/mol. The molecule has 4 atom stereocenters. The van der Waals surface area contributed by atoms with Crippen molar-refractivity contribution in [2.24, 2.45) is 0 Å². The van der Waals surface area contributed by atoms with E-state index < -0.39 is 14.4 Å². The second-order valence-electron chi connectivity index (χ2n) is 11.1. The quantitative estimate of drug-likeness (QED) is 0.422. The molecule has 0 aromatic heterocycles. The van der Waals surface area contributed by atoms with Crippen molar-refractivity contribution >= 4 is 30.8 Å². The molecule has 0 N–H and O–H groups in total. The van der Waals surface area contributed by atoms with E-state index >= 15 is 0 Å².